The standard InChI is InChI=1S/C17H12BrNO/c1-2-17-7-6-11-4-3-5-14(18)16(11)13(17)8-15(20)12(9-17)10-19/h1,3-5,8,12H,6-7,9H2. The number of hydrogen-bond acceptors (Lipinski definition) is 2. The lowest BCUT2D eigenvalue weighted by Gasteiger charge is -2.40. The third-order valence-electron chi connectivity index (χ3n) is 4.32. The van der Waals surface area contributed by atoms with Crippen molar-refractivity contribution in [1.29, 1.82) is 5.26 Å². The maximum Gasteiger partial charge on any atom is 0.173 e. The van der Waals surface area contributed by atoms with Crippen LogP contribution in [0.25, 0.3) is 5.57 Å². The van der Waals surface area contributed by atoms with Crippen LogP contribution in [0.1, 0.15) is 24.0 Å². The summed E-state index contributed by atoms with van der Waals surface area (Å²) in [5.41, 5.74) is 2.68. The normalized spacial score (nSPS) is 27.6. The second-order valence-electron chi connectivity index (χ2n) is 5.35. The lowest BCUT2D eigenvalue weighted by Crippen LogP contribution is -2.35. The van der Waals surface area contributed by atoms with Gasteiger partial charge in [-0.3, -0.25) is 4.79 Å². The summed E-state index contributed by atoms with van der Waals surface area (Å²) in [4.78, 5) is 12.1. The lowest BCUT2D eigenvalue weighted by molar-refractivity contribution is -0.117. The smallest absolute Gasteiger partial charge is 0.173 e. The molecular formula is C17H12BrNO. The molecule has 0 N–H and O–H groups in total. The van der Waals surface area contributed by atoms with Crippen LogP contribution in [0.2, 0.25) is 0 Å². The Labute approximate surface area is 126 Å². The van der Waals surface area contributed by atoms with Crippen molar-refractivity contribution in [2.75, 3.05) is 0 Å². The first-order valence-corrected chi connectivity index (χ1v) is 7.32. The SMILES string of the molecule is C#CC12CCc3cccc(Br)c3C1=CC(=O)C(C#N)C2. The Morgan fingerprint density at radius 2 is 2.25 bits per heavy atom. The second kappa shape index (κ2) is 4.62. The van der Waals surface area contributed by atoms with Crippen molar-refractivity contribution >= 4 is 27.3 Å². The average Bonchev–Trinajstić information content (AvgIpc) is 2.47. The van der Waals surface area contributed by atoms with Gasteiger partial charge in [-0.05, 0) is 48.1 Å². The molecule has 1 aromatic rings. The molecule has 2 aliphatic carbocycles. The van der Waals surface area contributed by atoms with Crippen LogP contribution in [-0.4, -0.2) is 5.78 Å². The summed E-state index contributed by atoms with van der Waals surface area (Å²) in [6.45, 7) is 0. The minimum atomic E-state index is -0.612. The molecule has 0 bridgehead atoms. The fraction of sp³-hybridized carbons (Fsp3) is 0.294. The summed E-state index contributed by atoms with van der Waals surface area (Å²) in [7, 11) is 0. The molecule has 3 heteroatoms. The van der Waals surface area contributed by atoms with E-state index in [0.29, 0.717) is 6.42 Å². The number of terminal acetylenes is 1. The van der Waals surface area contributed by atoms with Crippen molar-refractivity contribution in [2.45, 2.75) is 19.3 Å². The van der Waals surface area contributed by atoms with Gasteiger partial charge in [-0.15, -0.1) is 6.42 Å². The zero-order valence-corrected chi connectivity index (χ0v) is 12.4. The van der Waals surface area contributed by atoms with E-state index in [4.69, 9.17) is 11.7 Å². The monoisotopic (exact) mass is 325 g/mol. The number of allylic oxidation sites excluding steroid dienone is 2. The Morgan fingerprint density at radius 3 is 2.95 bits per heavy atom. The zero-order valence-electron chi connectivity index (χ0n) is 10.8. The van der Waals surface area contributed by atoms with Gasteiger partial charge in [0, 0.05) is 4.47 Å². The Kier molecular flexibility index (Phi) is 3.04. The maximum atomic E-state index is 12.1. The van der Waals surface area contributed by atoms with Crippen LogP contribution in [0, 0.1) is 35.0 Å². The molecule has 2 nitrogen and oxygen atoms in total. The summed E-state index contributed by atoms with van der Waals surface area (Å²) in [6.07, 6.45) is 9.50. The van der Waals surface area contributed by atoms with E-state index in [1.807, 2.05) is 12.1 Å². The lowest BCUT2D eigenvalue weighted by atomic mass is 9.61. The number of rotatable bonds is 0. The first-order chi connectivity index (χ1) is 9.61. The number of carbonyl (C=O) groups is 1. The van der Waals surface area contributed by atoms with Gasteiger partial charge < -0.3 is 0 Å². The van der Waals surface area contributed by atoms with E-state index < -0.39 is 11.3 Å². The molecule has 0 saturated carbocycles. The first kappa shape index (κ1) is 13.2. The van der Waals surface area contributed by atoms with E-state index >= 15 is 0 Å². The van der Waals surface area contributed by atoms with Crippen LogP contribution in [0.5, 0.6) is 0 Å². The number of hydrogen-bond donors (Lipinski definition) is 0. The van der Waals surface area contributed by atoms with Gasteiger partial charge in [0.2, 0.25) is 0 Å². The molecule has 0 spiro atoms. The Morgan fingerprint density at radius 1 is 1.45 bits per heavy atom. The molecule has 2 aliphatic rings. The largest absolute Gasteiger partial charge is 0.293 e. The molecule has 0 amide bonds. The van der Waals surface area contributed by atoms with Gasteiger partial charge in [0.25, 0.3) is 0 Å². The molecule has 0 radical (unpaired) electrons. The Hall–Kier alpha value is -1.84. The molecule has 2 unspecified atom stereocenters. The number of nitrogens with zero attached hydrogens (tertiary/aromatic N) is 1. The second-order valence-corrected chi connectivity index (χ2v) is 6.20. The highest BCUT2D eigenvalue weighted by Crippen LogP contribution is 2.52. The number of ketones is 1. The molecule has 98 valence electrons. The molecule has 2 atom stereocenters. The molecule has 20 heavy (non-hydrogen) atoms. The molecule has 0 saturated heterocycles. The predicted molar refractivity (Wildman–Crippen MR) is 80.4 cm³/mol. The summed E-state index contributed by atoms with van der Waals surface area (Å²) < 4.78 is 0.962. The number of fused-ring (bicyclic) bond motifs is 3. The number of benzene rings is 1. The van der Waals surface area contributed by atoms with Crippen molar-refractivity contribution in [3.05, 3.63) is 39.9 Å². The summed E-state index contributed by atoms with van der Waals surface area (Å²) in [5, 5.41) is 9.13. The maximum absolute atomic E-state index is 12.1. The average molecular weight is 326 g/mol. The minimum Gasteiger partial charge on any atom is -0.293 e. The van der Waals surface area contributed by atoms with Crippen LogP contribution < -0.4 is 0 Å². The fourth-order valence-corrected chi connectivity index (χ4v) is 3.85. The Balaban J connectivity index is 2.26. The van der Waals surface area contributed by atoms with Crippen molar-refractivity contribution in [1.82, 2.24) is 0 Å². The number of aryl methyl sites for hydroxylation is 1. The van der Waals surface area contributed by atoms with E-state index in [9.17, 15) is 4.79 Å². The quantitative estimate of drug-likeness (QED) is 0.685. The van der Waals surface area contributed by atoms with Gasteiger partial charge in [-0.1, -0.05) is 34.0 Å². The van der Waals surface area contributed by atoms with Gasteiger partial charge in [0.15, 0.2) is 5.78 Å². The van der Waals surface area contributed by atoms with Crippen LogP contribution in [0.4, 0.5) is 0 Å². The van der Waals surface area contributed by atoms with Crippen LogP contribution >= 0.6 is 15.9 Å². The first-order valence-electron chi connectivity index (χ1n) is 6.52. The van der Waals surface area contributed by atoms with Crippen molar-refractivity contribution in [3.63, 3.8) is 0 Å². The highest BCUT2D eigenvalue weighted by molar-refractivity contribution is 9.10. The third-order valence-corrected chi connectivity index (χ3v) is 4.98. The van der Waals surface area contributed by atoms with Crippen molar-refractivity contribution in [2.24, 2.45) is 11.3 Å². The molecule has 0 fully saturated rings. The third kappa shape index (κ3) is 1.74. The van der Waals surface area contributed by atoms with Crippen molar-refractivity contribution in [3.8, 4) is 18.4 Å². The fourth-order valence-electron chi connectivity index (χ4n) is 3.23. The van der Waals surface area contributed by atoms with E-state index in [1.165, 1.54) is 5.56 Å². The van der Waals surface area contributed by atoms with Crippen LogP contribution in [0.3, 0.4) is 0 Å². The molecule has 0 aromatic heterocycles. The summed E-state index contributed by atoms with van der Waals surface area (Å²) >= 11 is 3.56. The Bertz CT molecular complexity index is 719. The minimum absolute atomic E-state index is 0.128. The van der Waals surface area contributed by atoms with Gasteiger partial charge in [-0.25, -0.2) is 0 Å². The molecule has 3 rings (SSSR count). The molecule has 0 heterocycles. The summed E-state index contributed by atoms with van der Waals surface area (Å²) in [6, 6.07) is 8.12. The zero-order chi connectivity index (χ0) is 14.3. The van der Waals surface area contributed by atoms with E-state index in [0.717, 1.165) is 28.5 Å². The molecule has 1 aromatic carbocycles. The number of nitriles is 1. The van der Waals surface area contributed by atoms with Gasteiger partial charge in [0.05, 0.1) is 11.5 Å². The van der Waals surface area contributed by atoms with Gasteiger partial charge >= 0.3 is 0 Å². The van der Waals surface area contributed by atoms with Crippen molar-refractivity contribution < 1.29 is 4.79 Å². The van der Waals surface area contributed by atoms with E-state index in [2.05, 4.69) is 34.0 Å². The number of carbonyl (C=O) groups excluding carboxylic acids is 1. The van der Waals surface area contributed by atoms with Crippen LogP contribution in [0.15, 0.2) is 28.7 Å². The van der Waals surface area contributed by atoms with Gasteiger partial charge in [-0.2, -0.15) is 5.26 Å². The molecular weight excluding hydrogens is 314 g/mol. The topological polar surface area (TPSA) is 40.9 Å². The highest BCUT2D eigenvalue weighted by atomic mass is 79.9. The van der Waals surface area contributed by atoms with E-state index in [1.54, 1.807) is 6.08 Å². The van der Waals surface area contributed by atoms with Crippen LogP contribution in [-0.2, 0) is 11.2 Å². The van der Waals surface area contributed by atoms with E-state index in [-0.39, 0.29) is 5.78 Å². The highest BCUT2D eigenvalue weighted by Gasteiger charge is 2.44. The molecule has 0 aliphatic heterocycles. The summed E-state index contributed by atoms with van der Waals surface area (Å²) in [5.74, 6) is 2.14. The number of halogens is 1. The van der Waals surface area contributed by atoms with Gasteiger partial charge in [0.1, 0.15) is 5.92 Å². The predicted octanol–water partition coefficient (Wildman–Crippen LogP) is 3.51.